The summed E-state index contributed by atoms with van der Waals surface area (Å²) in [6, 6.07) is 3.34. The Kier molecular flexibility index (Phi) is 6.25. The average Bonchev–Trinajstić information content (AvgIpc) is 2.81. The number of imidazole rings is 1. The van der Waals surface area contributed by atoms with Gasteiger partial charge in [-0.3, -0.25) is 0 Å². The molecule has 0 amide bonds. The van der Waals surface area contributed by atoms with Crippen LogP contribution in [0.2, 0.25) is 0 Å². The van der Waals surface area contributed by atoms with Crippen molar-refractivity contribution in [3.63, 3.8) is 0 Å². The Balaban J connectivity index is 2.30. The summed E-state index contributed by atoms with van der Waals surface area (Å²) >= 11 is 7.99. The molecule has 0 saturated carbocycles. The SMILES string of the molecule is CCCN(CC)CCn1c(CCl)nc2cc(I)c(F)cc21. The van der Waals surface area contributed by atoms with Crippen LogP contribution in [0.1, 0.15) is 26.1 Å². The largest absolute Gasteiger partial charge is 0.326 e. The van der Waals surface area contributed by atoms with Crippen molar-refractivity contribution in [2.75, 3.05) is 19.6 Å². The third kappa shape index (κ3) is 3.87. The van der Waals surface area contributed by atoms with E-state index in [1.807, 2.05) is 27.2 Å². The lowest BCUT2D eigenvalue weighted by atomic mass is 10.3. The molecule has 1 aromatic carbocycles. The molecule has 1 aromatic heterocycles. The quantitative estimate of drug-likeness (QED) is 0.490. The molecule has 0 bridgehead atoms. The molecule has 0 aliphatic carbocycles. The number of benzene rings is 1. The number of nitrogens with zero attached hydrogens (tertiary/aromatic N) is 3. The molecular formula is C15H20ClFIN3. The fraction of sp³-hybridized carbons (Fsp3) is 0.533. The summed E-state index contributed by atoms with van der Waals surface area (Å²) in [7, 11) is 0. The Morgan fingerprint density at radius 1 is 1.33 bits per heavy atom. The molecule has 6 heteroatoms. The van der Waals surface area contributed by atoms with Crippen LogP contribution in [0.15, 0.2) is 12.1 Å². The molecule has 0 N–H and O–H groups in total. The first-order valence-corrected chi connectivity index (χ1v) is 8.84. The molecule has 0 spiro atoms. The van der Waals surface area contributed by atoms with Gasteiger partial charge in [0.15, 0.2) is 0 Å². The summed E-state index contributed by atoms with van der Waals surface area (Å²) in [5, 5.41) is 0. The van der Waals surface area contributed by atoms with Crippen LogP contribution in [-0.4, -0.2) is 34.1 Å². The molecule has 0 atom stereocenters. The molecule has 0 fully saturated rings. The molecule has 116 valence electrons. The minimum Gasteiger partial charge on any atom is -0.326 e. The standard InChI is InChI=1S/C15H20ClFIN3/c1-3-5-20(4-2)6-7-21-14-8-11(17)12(18)9-13(14)19-15(21)10-16/h8-9H,3-7,10H2,1-2H3. The maximum Gasteiger partial charge on any atom is 0.138 e. The van der Waals surface area contributed by atoms with Gasteiger partial charge in [0.2, 0.25) is 0 Å². The van der Waals surface area contributed by atoms with E-state index in [1.54, 1.807) is 12.1 Å². The van der Waals surface area contributed by atoms with Crippen molar-refractivity contribution in [1.82, 2.24) is 14.5 Å². The molecule has 2 aromatic rings. The van der Waals surface area contributed by atoms with Gasteiger partial charge in [0.1, 0.15) is 11.6 Å². The lowest BCUT2D eigenvalue weighted by molar-refractivity contribution is 0.277. The number of hydrogen-bond donors (Lipinski definition) is 0. The summed E-state index contributed by atoms with van der Waals surface area (Å²) in [4.78, 5) is 6.91. The van der Waals surface area contributed by atoms with Gasteiger partial charge < -0.3 is 9.47 Å². The summed E-state index contributed by atoms with van der Waals surface area (Å²) in [6.45, 7) is 8.14. The van der Waals surface area contributed by atoms with Crippen LogP contribution < -0.4 is 0 Å². The highest BCUT2D eigenvalue weighted by Gasteiger charge is 2.13. The maximum atomic E-state index is 13.8. The minimum atomic E-state index is -0.203. The number of halogens is 3. The summed E-state index contributed by atoms with van der Waals surface area (Å²) in [6.07, 6.45) is 1.13. The van der Waals surface area contributed by atoms with Gasteiger partial charge in [-0.1, -0.05) is 13.8 Å². The van der Waals surface area contributed by atoms with Gasteiger partial charge in [-0.15, -0.1) is 11.6 Å². The van der Waals surface area contributed by atoms with E-state index in [-0.39, 0.29) is 5.82 Å². The lowest BCUT2D eigenvalue weighted by Gasteiger charge is -2.20. The van der Waals surface area contributed by atoms with Gasteiger partial charge in [-0.2, -0.15) is 0 Å². The fourth-order valence-corrected chi connectivity index (χ4v) is 3.16. The summed E-state index contributed by atoms with van der Waals surface area (Å²) in [5.74, 6) is 0.944. The maximum absolute atomic E-state index is 13.8. The number of likely N-dealkylation sites (N-methyl/N-ethyl adjacent to an activating group) is 1. The molecule has 3 nitrogen and oxygen atoms in total. The second kappa shape index (κ2) is 7.74. The molecule has 1 heterocycles. The molecule has 0 aliphatic heterocycles. The fourth-order valence-electron chi connectivity index (χ4n) is 2.51. The average molecular weight is 424 g/mol. The Morgan fingerprint density at radius 2 is 2.10 bits per heavy atom. The van der Waals surface area contributed by atoms with Crippen molar-refractivity contribution >= 4 is 45.2 Å². The topological polar surface area (TPSA) is 21.1 Å². The first-order valence-electron chi connectivity index (χ1n) is 7.23. The predicted octanol–water partition coefficient (Wildman–Crippen LogP) is 4.25. The summed E-state index contributed by atoms with van der Waals surface area (Å²) < 4.78 is 16.5. The van der Waals surface area contributed by atoms with Crippen molar-refractivity contribution in [2.24, 2.45) is 0 Å². The van der Waals surface area contributed by atoms with Gasteiger partial charge in [0, 0.05) is 19.2 Å². The highest BCUT2D eigenvalue weighted by Crippen LogP contribution is 2.22. The first kappa shape index (κ1) is 17.0. The van der Waals surface area contributed by atoms with Crippen LogP contribution in [0.3, 0.4) is 0 Å². The van der Waals surface area contributed by atoms with Crippen molar-refractivity contribution in [2.45, 2.75) is 32.7 Å². The molecule has 2 rings (SSSR count). The number of rotatable bonds is 7. The van der Waals surface area contributed by atoms with E-state index >= 15 is 0 Å². The van der Waals surface area contributed by atoms with E-state index in [0.717, 1.165) is 49.5 Å². The normalized spacial score (nSPS) is 11.7. The zero-order valence-electron chi connectivity index (χ0n) is 12.4. The van der Waals surface area contributed by atoms with E-state index in [0.29, 0.717) is 9.45 Å². The van der Waals surface area contributed by atoms with Crippen molar-refractivity contribution in [1.29, 1.82) is 0 Å². The Labute approximate surface area is 143 Å². The molecule has 0 aliphatic rings. The van der Waals surface area contributed by atoms with Gasteiger partial charge in [-0.25, -0.2) is 9.37 Å². The Bertz CT molecular complexity index is 614. The lowest BCUT2D eigenvalue weighted by Crippen LogP contribution is -2.28. The second-order valence-electron chi connectivity index (χ2n) is 5.00. The van der Waals surface area contributed by atoms with E-state index in [4.69, 9.17) is 11.6 Å². The highest BCUT2D eigenvalue weighted by molar-refractivity contribution is 14.1. The molecular weight excluding hydrogens is 404 g/mol. The smallest absolute Gasteiger partial charge is 0.138 e. The van der Waals surface area contributed by atoms with Gasteiger partial charge in [0.25, 0.3) is 0 Å². The number of alkyl halides is 1. The molecule has 0 unspecified atom stereocenters. The van der Waals surface area contributed by atoms with Crippen LogP contribution in [0.4, 0.5) is 4.39 Å². The van der Waals surface area contributed by atoms with Crippen molar-refractivity contribution < 1.29 is 4.39 Å². The van der Waals surface area contributed by atoms with Gasteiger partial charge in [-0.05, 0) is 48.2 Å². The monoisotopic (exact) mass is 423 g/mol. The van der Waals surface area contributed by atoms with E-state index in [2.05, 4.69) is 23.7 Å². The van der Waals surface area contributed by atoms with Gasteiger partial charge in [0.05, 0.1) is 20.5 Å². The molecule has 21 heavy (non-hydrogen) atoms. The zero-order valence-corrected chi connectivity index (χ0v) is 15.3. The van der Waals surface area contributed by atoms with E-state index < -0.39 is 0 Å². The third-order valence-corrected chi connectivity index (χ3v) is 4.68. The number of fused-ring (bicyclic) bond motifs is 1. The Morgan fingerprint density at radius 3 is 2.71 bits per heavy atom. The Hall–Kier alpha value is -0.400. The van der Waals surface area contributed by atoms with Crippen LogP contribution in [0.5, 0.6) is 0 Å². The van der Waals surface area contributed by atoms with Crippen molar-refractivity contribution in [3.8, 4) is 0 Å². The minimum absolute atomic E-state index is 0.203. The summed E-state index contributed by atoms with van der Waals surface area (Å²) in [5.41, 5.74) is 1.64. The first-order chi connectivity index (χ1) is 10.1. The van der Waals surface area contributed by atoms with Gasteiger partial charge >= 0.3 is 0 Å². The number of hydrogen-bond acceptors (Lipinski definition) is 2. The zero-order chi connectivity index (χ0) is 15.4. The van der Waals surface area contributed by atoms with Crippen LogP contribution in [-0.2, 0) is 12.4 Å². The van der Waals surface area contributed by atoms with E-state index in [9.17, 15) is 4.39 Å². The van der Waals surface area contributed by atoms with Crippen molar-refractivity contribution in [3.05, 3.63) is 27.3 Å². The highest BCUT2D eigenvalue weighted by atomic mass is 127. The van der Waals surface area contributed by atoms with Crippen LogP contribution in [0, 0.1) is 9.39 Å². The van der Waals surface area contributed by atoms with Crippen LogP contribution >= 0.6 is 34.2 Å². The number of aromatic nitrogens is 2. The van der Waals surface area contributed by atoms with E-state index in [1.165, 1.54) is 0 Å². The third-order valence-electron chi connectivity index (χ3n) is 3.62. The predicted molar refractivity (Wildman–Crippen MR) is 94.4 cm³/mol. The second-order valence-corrected chi connectivity index (χ2v) is 6.43. The molecule has 0 saturated heterocycles. The van der Waals surface area contributed by atoms with Crippen LogP contribution in [0.25, 0.3) is 11.0 Å². The molecule has 0 radical (unpaired) electrons.